The highest BCUT2D eigenvalue weighted by Crippen LogP contribution is 2.30. The van der Waals surface area contributed by atoms with Gasteiger partial charge >= 0.3 is 0 Å². The minimum atomic E-state index is -0.465. The van der Waals surface area contributed by atoms with Gasteiger partial charge in [-0.15, -0.1) is 0 Å². The molecule has 0 radical (unpaired) electrons. The van der Waals surface area contributed by atoms with Crippen LogP contribution in [0.2, 0.25) is 0 Å². The van der Waals surface area contributed by atoms with E-state index in [1.807, 2.05) is 19.1 Å². The summed E-state index contributed by atoms with van der Waals surface area (Å²) in [5.41, 5.74) is 3.75. The number of nitro groups is 1. The van der Waals surface area contributed by atoms with Crippen molar-refractivity contribution in [2.45, 2.75) is 19.8 Å². The number of nitrogens with one attached hydrogen (secondary N) is 1. The number of carbonyl (C=O) groups excluding carboxylic acids is 1. The Bertz CT molecular complexity index is 950. The van der Waals surface area contributed by atoms with E-state index in [0.717, 1.165) is 56.0 Å². The number of ether oxygens (including phenoxy) is 1. The maximum atomic E-state index is 13.1. The zero-order chi connectivity index (χ0) is 21.1. The van der Waals surface area contributed by atoms with Crippen molar-refractivity contribution >= 4 is 28.7 Å². The van der Waals surface area contributed by atoms with Crippen LogP contribution in [0.25, 0.3) is 0 Å². The third kappa shape index (κ3) is 4.23. The lowest BCUT2D eigenvalue weighted by molar-refractivity contribution is -0.384. The number of hydrogen-bond donors (Lipinski definition) is 1. The molecule has 2 fully saturated rings. The van der Waals surface area contributed by atoms with E-state index in [2.05, 4.69) is 21.2 Å². The largest absolute Gasteiger partial charge is 0.378 e. The minimum absolute atomic E-state index is 0.0810. The van der Waals surface area contributed by atoms with Crippen LogP contribution in [0, 0.1) is 17.0 Å². The van der Waals surface area contributed by atoms with Gasteiger partial charge in [0.2, 0.25) is 0 Å². The standard InChI is InChI=1S/C22H26N4O4/c1-16-14-17(24-10-12-30-13-11-24)4-6-20(16)23-22(27)19-15-18(26(28)29)5-7-21(19)25-8-2-3-9-25/h4-7,14-15H,2-3,8-13H2,1H3,(H,23,27). The van der Waals surface area contributed by atoms with Gasteiger partial charge in [-0.2, -0.15) is 0 Å². The molecule has 0 aromatic heterocycles. The van der Waals surface area contributed by atoms with Crippen LogP contribution in [-0.4, -0.2) is 50.2 Å². The van der Waals surface area contributed by atoms with Crippen LogP contribution >= 0.6 is 0 Å². The summed E-state index contributed by atoms with van der Waals surface area (Å²) in [6.45, 7) is 6.77. The van der Waals surface area contributed by atoms with E-state index in [-0.39, 0.29) is 11.6 Å². The summed E-state index contributed by atoms with van der Waals surface area (Å²) in [6, 6.07) is 10.5. The summed E-state index contributed by atoms with van der Waals surface area (Å²) in [6.07, 6.45) is 2.11. The Hall–Kier alpha value is -3.13. The van der Waals surface area contributed by atoms with Gasteiger partial charge in [0.1, 0.15) is 0 Å². The maximum absolute atomic E-state index is 13.1. The van der Waals surface area contributed by atoms with Crippen molar-refractivity contribution in [3.05, 3.63) is 57.6 Å². The van der Waals surface area contributed by atoms with Crippen LogP contribution < -0.4 is 15.1 Å². The first-order valence-electron chi connectivity index (χ1n) is 10.3. The summed E-state index contributed by atoms with van der Waals surface area (Å²) < 4.78 is 5.41. The predicted molar refractivity (Wildman–Crippen MR) is 117 cm³/mol. The second-order valence-electron chi connectivity index (χ2n) is 7.71. The second kappa shape index (κ2) is 8.71. The van der Waals surface area contributed by atoms with Crippen molar-refractivity contribution in [2.75, 3.05) is 54.5 Å². The average Bonchev–Trinajstić information content (AvgIpc) is 3.30. The zero-order valence-corrected chi connectivity index (χ0v) is 17.1. The molecule has 0 bridgehead atoms. The monoisotopic (exact) mass is 410 g/mol. The molecule has 2 saturated heterocycles. The van der Waals surface area contributed by atoms with Crippen molar-refractivity contribution in [2.24, 2.45) is 0 Å². The fraction of sp³-hybridized carbons (Fsp3) is 0.409. The predicted octanol–water partition coefficient (Wildman–Crippen LogP) is 3.59. The SMILES string of the molecule is Cc1cc(N2CCOCC2)ccc1NC(=O)c1cc([N+](=O)[O-])ccc1N1CCCC1. The molecule has 0 aliphatic carbocycles. The fourth-order valence-corrected chi connectivity index (χ4v) is 4.05. The zero-order valence-electron chi connectivity index (χ0n) is 17.1. The van der Waals surface area contributed by atoms with Gasteiger partial charge in [0.05, 0.1) is 29.4 Å². The van der Waals surface area contributed by atoms with Crippen LogP contribution in [0.15, 0.2) is 36.4 Å². The quantitative estimate of drug-likeness (QED) is 0.599. The molecule has 30 heavy (non-hydrogen) atoms. The van der Waals surface area contributed by atoms with Gasteiger partial charge in [0.25, 0.3) is 11.6 Å². The van der Waals surface area contributed by atoms with E-state index >= 15 is 0 Å². The van der Waals surface area contributed by atoms with Gasteiger partial charge in [-0.1, -0.05) is 0 Å². The molecule has 2 aliphatic heterocycles. The lowest BCUT2D eigenvalue weighted by Gasteiger charge is -2.29. The average molecular weight is 410 g/mol. The van der Waals surface area contributed by atoms with E-state index in [1.54, 1.807) is 6.07 Å². The highest BCUT2D eigenvalue weighted by molar-refractivity contribution is 6.09. The van der Waals surface area contributed by atoms with Crippen LogP contribution in [0.5, 0.6) is 0 Å². The molecule has 0 spiro atoms. The molecule has 2 aliphatic rings. The third-order valence-corrected chi connectivity index (χ3v) is 5.72. The number of rotatable bonds is 5. The lowest BCUT2D eigenvalue weighted by atomic mass is 10.1. The fourth-order valence-electron chi connectivity index (χ4n) is 4.05. The van der Waals surface area contributed by atoms with Gasteiger partial charge < -0.3 is 19.9 Å². The molecule has 2 heterocycles. The lowest BCUT2D eigenvalue weighted by Crippen LogP contribution is -2.36. The van der Waals surface area contributed by atoms with Crippen LogP contribution in [0.4, 0.5) is 22.7 Å². The number of non-ortho nitro benzene ring substituents is 1. The number of nitrogens with zero attached hydrogens (tertiary/aromatic N) is 3. The van der Waals surface area contributed by atoms with E-state index in [1.165, 1.54) is 12.1 Å². The van der Waals surface area contributed by atoms with Gasteiger partial charge in [0.15, 0.2) is 0 Å². The van der Waals surface area contributed by atoms with Crippen LogP contribution in [0.3, 0.4) is 0 Å². The van der Waals surface area contributed by atoms with Crippen LogP contribution in [0.1, 0.15) is 28.8 Å². The molecule has 2 aromatic carbocycles. The highest BCUT2D eigenvalue weighted by Gasteiger charge is 2.23. The molecule has 4 rings (SSSR count). The normalized spacial score (nSPS) is 16.6. The van der Waals surface area contributed by atoms with Gasteiger partial charge in [-0.3, -0.25) is 14.9 Å². The molecule has 8 nitrogen and oxygen atoms in total. The Morgan fingerprint density at radius 3 is 2.43 bits per heavy atom. The van der Waals surface area contributed by atoms with E-state index in [0.29, 0.717) is 24.5 Å². The van der Waals surface area contributed by atoms with E-state index in [4.69, 9.17) is 4.74 Å². The summed E-state index contributed by atoms with van der Waals surface area (Å²) in [5.74, 6) is -0.331. The molecular weight excluding hydrogens is 384 g/mol. The molecule has 0 atom stereocenters. The molecule has 158 valence electrons. The molecule has 8 heteroatoms. The van der Waals surface area contributed by atoms with Gasteiger partial charge in [-0.05, 0) is 49.6 Å². The highest BCUT2D eigenvalue weighted by atomic mass is 16.6. The summed E-state index contributed by atoms with van der Waals surface area (Å²) in [4.78, 5) is 28.3. The molecular formula is C22H26N4O4. The number of carbonyl (C=O) groups is 1. The summed E-state index contributed by atoms with van der Waals surface area (Å²) >= 11 is 0. The Balaban J connectivity index is 1.58. The first-order valence-corrected chi connectivity index (χ1v) is 10.3. The summed E-state index contributed by atoms with van der Waals surface area (Å²) in [7, 11) is 0. The molecule has 0 saturated carbocycles. The number of nitro benzene ring substituents is 1. The van der Waals surface area contributed by atoms with Crippen molar-refractivity contribution in [3.8, 4) is 0 Å². The first-order chi connectivity index (χ1) is 14.5. The van der Waals surface area contributed by atoms with Crippen molar-refractivity contribution in [1.82, 2.24) is 0 Å². The Morgan fingerprint density at radius 1 is 1.03 bits per heavy atom. The molecule has 1 N–H and O–H groups in total. The van der Waals surface area contributed by atoms with Gasteiger partial charge in [0, 0.05) is 49.7 Å². The second-order valence-corrected chi connectivity index (χ2v) is 7.71. The maximum Gasteiger partial charge on any atom is 0.270 e. The number of aryl methyl sites for hydroxylation is 1. The Labute approximate surface area is 175 Å². The topological polar surface area (TPSA) is 87.9 Å². The number of benzene rings is 2. The number of morpholine rings is 1. The van der Waals surface area contributed by atoms with Crippen LogP contribution in [-0.2, 0) is 4.74 Å². The van der Waals surface area contributed by atoms with Gasteiger partial charge in [-0.25, -0.2) is 0 Å². The smallest absolute Gasteiger partial charge is 0.270 e. The first kappa shape index (κ1) is 20.2. The Morgan fingerprint density at radius 2 is 1.77 bits per heavy atom. The van der Waals surface area contributed by atoms with Crippen molar-refractivity contribution in [1.29, 1.82) is 0 Å². The van der Waals surface area contributed by atoms with E-state index in [9.17, 15) is 14.9 Å². The number of amides is 1. The number of hydrogen-bond acceptors (Lipinski definition) is 6. The van der Waals surface area contributed by atoms with Crippen molar-refractivity contribution < 1.29 is 14.5 Å². The molecule has 1 amide bonds. The van der Waals surface area contributed by atoms with Crippen molar-refractivity contribution in [3.63, 3.8) is 0 Å². The molecule has 2 aromatic rings. The van der Waals surface area contributed by atoms with E-state index < -0.39 is 4.92 Å². The minimum Gasteiger partial charge on any atom is -0.378 e. The third-order valence-electron chi connectivity index (χ3n) is 5.72. The molecule has 0 unspecified atom stereocenters. The number of anilines is 3. The Kier molecular flexibility index (Phi) is 5.85. The summed E-state index contributed by atoms with van der Waals surface area (Å²) in [5, 5.41) is 14.2.